The van der Waals surface area contributed by atoms with E-state index in [2.05, 4.69) is 64.5 Å². The maximum atomic E-state index is 5.43. The van der Waals surface area contributed by atoms with E-state index in [0.29, 0.717) is 0 Å². The summed E-state index contributed by atoms with van der Waals surface area (Å²) in [5.41, 5.74) is 7.64. The van der Waals surface area contributed by atoms with E-state index in [-0.39, 0.29) is 0 Å². The fraction of sp³-hybridized carbons (Fsp3) is 0.130. The first-order valence-corrected chi connectivity index (χ1v) is 9.29. The second-order valence-electron chi connectivity index (χ2n) is 6.29. The van der Waals surface area contributed by atoms with Crippen molar-refractivity contribution in [2.24, 2.45) is 0 Å². The molecular weight excluding hydrogens is 388 g/mol. The maximum absolute atomic E-state index is 5.43. The molecule has 3 aromatic carbocycles. The quantitative estimate of drug-likeness (QED) is 0.530. The molecule has 1 aliphatic carbocycles. The van der Waals surface area contributed by atoms with E-state index in [4.69, 9.17) is 9.47 Å². The Morgan fingerprint density at radius 3 is 2.00 bits per heavy atom. The summed E-state index contributed by atoms with van der Waals surface area (Å²) in [7, 11) is 3.41. The average Bonchev–Trinajstić information content (AvgIpc) is 3.07. The van der Waals surface area contributed by atoms with Crippen molar-refractivity contribution in [3.05, 3.63) is 93.5 Å². The molecule has 0 N–H and O–H groups in total. The van der Waals surface area contributed by atoms with Crippen LogP contribution in [0.3, 0.4) is 0 Å². The van der Waals surface area contributed by atoms with E-state index in [0.717, 1.165) is 22.4 Å². The second-order valence-corrected chi connectivity index (χ2v) is 7.20. The highest BCUT2D eigenvalue weighted by molar-refractivity contribution is 9.10. The average molecular weight is 407 g/mol. The molecule has 1 aliphatic rings. The van der Waals surface area contributed by atoms with Gasteiger partial charge in [-0.3, -0.25) is 0 Å². The summed E-state index contributed by atoms with van der Waals surface area (Å²) < 4.78 is 11.8. The first kappa shape index (κ1) is 16.9. The van der Waals surface area contributed by atoms with Gasteiger partial charge < -0.3 is 9.47 Å². The number of hydrogen-bond donors (Lipinski definition) is 0. The lowest BCUT2D eigenvalue weighted by Crippen LogP contribution is -1.91. The molecule has 0 atom stereocenters. The van der Waals surface area contributed by atoms with E-state index in [1.165, 1.54) is 33.4 Å². The van der Waals surface area contributed by atoms with E-state index >= 15 is 0 Å². The molecule has 26 heavy (non-hydrogen) atoms. The Balaban J connectivity index is 1.89. The molecule has 0 unspecified atom stereocenters. The van der Waals surface area contributed by atoms with Gasteiger partial charge in [-0.2, -0.15) is 0 Å². The molecule has 0 fully saturated rings. The maximum Gasteiger partial charge on any atom is 0.119 e. The summed E-state index contributed by atoms with van der Waals surface area (Å²) in [6.07, 6.45) is 0.898. The van der Waals surface area contributed by atoms with Crippen LogP contribution in [0.25, 0.3) is 11.1 Å². The lowest BCUT2D eigenvalue weighted by molar-refractivity contribution is 0.414. The number of methoxy groups -OCH3 is 2. The van der Waals surface area contributed by atoms with Gasteiger partial charge >= 0.3 is 0 Å². The van der Waals surface area contributed by atoms with E-state index < -0.39 is 0 Å². The van der Waals surface area contributed by atoms with Crippen molar-refractivity contribution < 1.29 is 9.47 Å². The predicted molar refractivity (Wildman–Crippen MR) is 110 cm³/mol. The summed E-state index contributed by atoms with van der Waals surface area (Å²) in [6.45, 7) is 0. The Kier molecular flexibility index (Phi) is 4.56. The minimum absolute atomic E-state index is 0.868. The lowest BCUT2D eigenvalue weighted by atomic mass is 9.94. The number of benzene rings is 3. The smallest absolute Gasteiger partial charge is 0.119 e. The third-order valence-electron chi connectivity index (χ3n) is 4.82. The molecule has 2 nitrogen and oxygen atoms in total. The number of rotatable bonds is 4. The normalized spacial score (nSPS) is 12.9. The molecule has 3 aromatic rings. The third kappa shape index (κ3) is 3.04. The number of hydrogen-bond acceptors (Lipinski definition) is 2. The van der Waals surface area contributed by atoms with Gasteiger partial charge in [0.25, 0.3) is 0 Å². The van der Waals surface area contributed by atoms with Crippen LogP contribution in [0, 0.1) is 0 Å². The standard InChI is InChI=1S/C23H19BrO2/c1-25-19-9-5-16(6-10-19)23-21-12-11-20(26-2)13-17(21)14-22(23)15-3-7-18(24)8-4-15/h3-13H,14H2,1-2H3. The number of halogens is 1. The van der Waals surface area contributed by atoms with Gasteiger partial charge in [0, 0.05) is 4.47 Å². The Hall–Kier alpha value is -2.52. The molecule has 0 saturated heterocycles. The van der Waals surface area contributed by atoms with E-state index in [1.807, 2.05) is 18.2 Å². The summed E-state index contributed by atoms with van der Waals surface area (Å²) in [6, 6.07) is 23.2. The monoisotopic (exact) mass is 406 g/mol. The summed E-state index contributed by atoms with van der Waals surface area (Å²) in [5.74, 6) is 1.77. The molecule has 0 amide bonds. The summed E-state index contributed by atoms with van der Waals surface area (Å²) >= 11 is 3.53. The van der Waals surface area contributed by atoms with Gasteiger partial charge in [0.15, 0.2) is 0 Å². The summed E-state index contributed by atoms with van der Waals surface area (Å²) in [4.78, 5) is 0. The molecule has 0 bridgehead atoms. The van der Waals surface area contributed by atoms with Crippen molar-refractivity contribution in [1.82, 2.24) is 0 Å². The van der Waals surface area contributed by atoms with Crippen LogP contribution in [0.2, 0.25) is 0 Å². The van der Waals surface area contributed by atoms with Gasteiger partial charge in [-0.15, -0.1) is 0 Å². The van der Waals surface area contributed by atoms with Gasteiger partial charge in [0.2, 0.25) is 0 Å². The van der Waals surface area contributed by atoms with Crippen LogP contribution in [0.4, 0.5) is 0 Å². The number of ether oxygens (including phenoxy) is 2. The first-order chi connectivity index (χ1) is 12.7. The van der Waals surface area contributed by atoms with Crippen LogP contribution in [0.5, 0.6) is 11.5 Å². The molecule has 0 heterocycles. The van der Waals surface area contributed by atoms with E-state index in [9.17, 15) is 0 Å². The molecule has 0 radical (unpaired) electrons. The highest BCUT2D eigenvalue weighted by Crippen LogP contribution is 2.43. The van der Waals surface area contributed by atoms with E-state index in [1.54, 1.807) is 14.2 Å². The van der Waals surface area contributed by atoms with Crippen molar-refractivity contribution >= 4 is 27.1 Å². The van der Waals surface area contributed by atoms with Crippen LogP contribution in [-0.4, -0.2) is 14.2 Å². The fourth-order valence-electron chi connectivity index (χ4n) is 3.51. The zero-order valence-corrected chi connectivity index (χ0v) is 16.3. The molecule has 0 spiro atoms. The van der Waals surface area contributed by atoms with Crippen molar-refractivity contribution in [1.29, 1.82) is 0 Å². The van der Waals surface area contributed by atoms with Crippen molar-refractivity contribution in [3.63, 3.8) is 0 Å². The van der Waals surface area contributed by atoms with Crippen LogP contribution in [0.15, 0.2) is 71.2 Å². The van der Waals surface area contributed by atoms with Gasteiger partial charge in [-0.05, 0) is 76.2 Å². The molecule has 0 aliphatic heterocycles. The van der Waals surface area contributed by atoms with Gasteiger partial charge in [-0.1, -0.05) is 46.3 Å². The SMILES string of the molecule is COc1ccc(C2=C(c3ccc(Br)cc3)Cc3cc(OC)ccc32)cc1. The fourth-order valence-corrected chi connectivity index (χ4v) is 3.78. The first-order valence-electron chi connectivity index (χ1n) is 8.50. The van der Waals surface area contributed by atoms with Crippen molar-refractivity contribution in [3.8, 4) is 11.5 Å². The van der Waals surface area contributed by atoms with Crippen LogP contribution in [-0.2, 0) is 6.42 Å². The number of allylic oxidation sites excluding steroid dienone is 1. The number of fused-ring (bicyclic) bond motifs is 1. The molecule has 3 heteroatoms. The Morgan fingerprint density at radius 2 is 1.35 bits per heavy atom. The Morgan fingerprint density at radius 1 is 0.731 bits per heavy atom. The lowest BCUT2D eigenvalue weighted by Gasteiger charge is -2.11. The van der Waals surface area contributed by atoms with Gasteiger partial charge in [0.1, 0.15) is 11.5 Å². The van der Waals surface area contributed by atoms with Crippen molar-refractivity contribution in [2.75, 3.05) is 14.2 Å². The molecular formula is C23H19BrO2. The molecule has 0 saturated carbocycles. The molecule has 4 rings (SSSR count). The Labute approximate surface area is 162 Å². The van der Waals surface area contributed by atoms with Crippen molar-refractivity contribution in [2.45, 2.75) is 6.42 Å². The molecule has 130 valence electrons. The third-order valence-corrected chi connectivity index (χ3v) is 5.35. The second kappa shape index (κ2) is 7.00. The van der Waals surface area contributed by atoms with Gasteiger partial charge in [0.05, 0.1) is 14.2 Å². The molecule has 0 aromatic heterocycles. The van der Waals surface area contributed by atoms with Gasteiger partial charge in [-0.25, -0.2) is 0 Å². The topological polar surface area (TPSA) is 18.5 Å². The Bertz CT molecular complexity index is 970. The predicted octanol–water partition coefficient (Wildman–Crippen LogP) is 5.98. The van der Waals surface area contributed by atoms with Crippen LogP contribution < -0.4 is 9.47 Å². The zero-order valence-electron chi connectivity index (χ0n) is 14.8. The summed E-state index contributed by atoms with van der Waals surface area (Å²) in [5, 5.41) is 0. The van der Waals surface area contributed by atoms with Crippen LogP contribution in [0.1, 0.15) is 22.3 Å². The highest BCUT2D eigenvalue weighted by atomic mass is 79.9. The largest absolute Gasteiger partial charge is 0.497 e. The zero-order chi connectivity index (χ0) is 18.1. The highest BCUT2D eigenvalue weighted by Gasteiger charge is 2.24. The van der Waals surface area contributed by atoms with Crippen LogP contribution >= 0.6 is 15.9 Å². The minimum Gasteiger partial charge on any atom is -0.497 e. The minimum atomic E-state index is 0.868.